The molecule has 1 aromatic carbocycles. The second-order valence-electron chi connectivity index (χ2n) is 6.62. The molecule has 1 N–H and O–H groups in total. The molecular weight excluding hydrogens is 332 g/mol. The highest BCUT2D eigenvalue weighted by Crippen LogP contribution is 2.41. The van der Waals surface area contributed by atoms with E-state index < -0.39 is 0 Å². The zero-order chi connectivity index (χ0) is 17.2. The summed E-state index contributed by atoms with van der Waals surface area (Å²) in [5.41, 5.74) is 2.49. The van der Waals surface area contributed by atoms with Gasteiger partial charge in [-0.1, -0.05) is 29.8 Å². The minimum atomic E-state index is 0.382. The van der Waals surface area contributed by atoms with E-state index in [0.717, 1.165) is 29.1 Å². The molecule has 5 heteroatoms. The van der Waals surface area contributed by atoms with Crippen LogP contribution in [0.1, 0.15) is 35.8 Å². The SMILES string of the molecule is Cc1nccn1-c1ccc(CN[C@H](c2ccc(Cl)cc2)C2CC2)cn1. The van der Waals surface area contributed by atoms with E-state index in [2.05, 4.69) is 33.5 Å². The number of nitrogens with one attached hydrogen (secondary N) is 1. The molecule has 0 unspecified atom stereocenters. The lowest BCUT2D eigenvalue weighted by atomic mass is 10.0. The lowest BCUT2D eigenvalue weighted by Crippen LogP contribution is -2.22. The number of rotatable bonds is 6. The van der Waals surface area contributed by atoms with Gasteiger partial charge in [0, 0.05) is 36.2 Å². The molecule has 1 fully saturated rings. The van der Waals surface area contributed by atoms with Crippen molar-refractivity contribution in [1.29, 1.82) is 0 Å². The van der Waals surface area contributed by atoms with Crippen molar-refractivity contribution in [2.75, 3.05) is 0 Å². The predicted octanol–water partition coefficient (Wildman–Crippen LogP) is 4.47. The molecule has 4 rings (SSSR count). The molecule has 1 aliphatic carbocycles. The molecule has 3 aromatic rings. The van der Waals surface area contributed by atoms with Crippen molar-refractivity contribution in [2.24, 2.45) is 5.92 Å². The molecule has 0 saturated heterocycles. The molecule has 0 radical (unpaired) electrons. The summed E-state index contributed by atoms with van der Waals surface area (Å²) in [4.78, 5) is 8.81. The van der Waals surface area contributed by atoms with Crippen LogP contribution in [0.4, 0.5) is 0 Å². The largest absolute Gasteiger partial charge is 0.306 e. The van der Waals surface area contributed by atoms with Gasteiger partial charge in [0.25, 0.3) is 0 Å². The third-order valence-electron chi connectivity index (χ3n) is 4.73. The Hall–Kier alpha value is -2.17. The Morgan fingerprint density at radius 3 is 2.56 bits per heavy atom. The van der Waals surface area contributed by atoms with E-state index in [1.165, 1.54) is 24.0 Å². The molecule has 4 nitrogen and oxygen atoms in total. The summed E-state index contributed by atoms with van der Waals surface area (Å²) in [5.74, 6) is 2.56. The number of nitrogens with zero attached hydrogens (tertiary/aromatic N) is 3. The Kier molecular flexibility index (Phi) is 4.55. The highest BCUT2D eigenvalue weighted by Gasteiger charge is 2.31. The van der Waals surface area contributed by atoms with Crippen LogP contribution in [0.5, 0.6) is 0 Å². The molecule has 2 aromatic heterocycles. The fraction of sp³-hybridized carbons (Fsp3) is 0.300. The van der Waals surface area contributed by atoms with Crippen molar-refractivity contribution in [3.8, 4) is 5.82 Å². The summed E-state index contributed by atoms with van der Waals surface area (Å²) in [6.45, 7) is 2.78. The number of hydrogen-bond donors (Lipinski definition) is 1. The zero-order valence-corrected chi connectivity index (χ0v) is 14.9. The standard InChI is InChI=1S/C20H21ClN4/c1-14-22-10-11-25(14)19-9-2-15(12-23-19)13-24-20(16-3-4-16)17-5-7-18(21)8-6-17/h2,5-12,16,20,24H,3-4,13H2,1H3/t20-/m0/s1. The second kappa shape index (κ2) is 6.98. The normalized spacial score (nSPS) is 15.3. The van der Waals surface area contributed by atoms with E-state index in [9.17, 15) is 0 Å². The van der Waals surface area contributed by atoms with Crippen LogP contribution in [0.25, 0.3) is 5.82 Å². The molecule has 0 aliphatic heterocycles. The molecule has 128 valence electrons. The third kappa shape index (κ3) is 3.75. The van der Waals surface area contributed by atoms with Crippen LogP contribution >= 0.6 is 11.6 Å². The van der Waals surface area contributed by atoms with Gasteiger partial charge in [-0.3, -0.25) is 4.57 Å². The Bertz CT molecular complexity index is 835. The Balaban J connectivity index is 1.44. The zero-order valence-electron chi connectivity index (χ0n) is 14.2. The summed E-state index contributed by atoms with van der Waals surface area (Å²) < 4.78 is 1.98. The molecular formula is C20H21ClN4. The van der Waals surface area contributed by atoms with Gasteiger partial charge >= 0.3 is 0 Å². The number of aryl methyl sites for hydroxylation is 1. The lowest BCUT2D eigenvalue weighted by molar-refractivity contribution is 0.480. The number of pyridine rings is 1. The maximum absolute atomic E-state index is 6.02. The molecule has 0 spiro atoms. The highest BCUT2D eigenvalue weighted by atomic mass is 35.5. The molecule has 25 heavy (non-hydrogen) atoms. The van der Waals surface area contributed by atoms with Crippen molar-refractivity contribution >= 4 is 11.6 Å². The Morgan fingerprint density at radius 2 is 1.96 bits per heavy atom. The minimum Gasteiger partial charge on any atom is -0.306 e. The van der Waals surface area contributed by atoms with Crippen LogP contribution in [0.2, 0.25) is 5.02 Å². The van der Waals surface area contributed by atoms with E-state index in [1.807, 2.05) is 42.1 Å². The van der Waals surface area contributed by atoms with Crippen molar-refractivity contribution in [1.82, 2.24) is 19.9 Å². The average molecular weight is 353 g/mol. The number of benzene rings is 1. The number of hydrogen-bond acceptors (Lipinski definition) is 3. The van der Waals surface area contributed by atoms with Crippen LogP contribution < -0.4 is 5.32 Å². The molecule has 0 bridgehead atoms. The monoisotopic (exact) mass is 352 g/mol. The Labute approximate surface area is 152 Å². The number of imidazole rings is 1. The predicted molar refractivity (Wildman–Crippen MR) is 99.9 cm³/mol. The third-order valence-corrected chi connectivity index (χ3v) is 4.98. The highest BCUT2D eigenvalue weighted by molar-refractivity contribution is 6.30. The van der Waals surface area contributed by atoms with E-state index in [0.29, 0.717) is 6.04 Å². The minimum absolute atomic E-state index is 0.382. The van der Waals surface area contributed by atoms with Crippen LogP contribution in [-0.4, -0.2) is 14.5 Å². The van der Waals surface area contributed by atoms with Crippen molar-refractivity contribution in [3.05, 3.63) is 77.0 Å². The molecule has 1 atom stereocenters. The van der Waals surface area contributed by atoms with Crippen LogP contribution in [0.15, 0.2) is 55.0 Å². The van der Waals surface area contributed by atoms with E-state index >= 15 is 0 Å². The summed E-state index contributed by atoms with van der Waals surface area (Å²) in [6, 6.07) is 12.7. The molecule has 1 aliphatic rings. The van der Waals surface area contributed by atoms with Gasteiger partial charge in [-0.15, -0.1) is 0 Å². The fourth-order valence-corrected chi connectivity index (χ4v) is 3.29. The van der Waals surface area contributed by atoms with Gasteiger partial charge in [0.2, 0.25) is 0 Å². The van der Waals surface area contributed by atoms with E-state index in [-0.39, 0.29) is 0 Å². The van der Waals surface area contributed by atoms with Gasteiger partial charge < -0.3 is 5.32 Å². The van der Waals surface area contributed by atoms with Gasteiger partial charge in [0.15, 0.2) is 0 Å². The van der Waals surface area contributed by atoms with Gasteiger partial charge in [-0.2, -0.15) is 0 Å². The smallest absolute Gasteiger partial charge is 0.137 e. The first kappa shape index (κ1) is 16.3. The van der Waals surface area contributed by atoms with Gasteiger partial charge in [0.1, 0.15) is 11.6 Å². The van der Waals surface area contributed by atoms with E-state index in [1.54, 1.807) is 6.20 Å². The first-order chi connectivity index (χ1) is 12.2. The number of halogens is 1. The average Bonchev–Trinajstić information content (AvgIpc) is 3.38. The summed E-state index contributed by atoms with van der Waals surface area (Å²) >= 11 is 6.02. The summed E-state index contributed by atoms with van der Waals surface area (Å²) in [5, 5.41) is 4.48. The first-order valence-corrected chi connectivity index (χ1v) is 9.02. The maximum Gasteiger partial charge on any atom is 0.137 e. The fourth-order valence-electron chi connectivity index (χ4n) is 3.17. The van der Waals surface area contributed by atoms with Gasteiger partial charge in [-0.25, -0.2) is 9.97 Å². The molecule has 0 amide bonds. The van der Waals surface area contributed by atoms with Crippen molar-refractivity contribution in [3.63, 3.8) is 0 Å². The quantitative estimate of drug-likeness (QED) is 0.711. The van der Waals surface area contributed by atoms with Crippen LogP contribution in [-0.2, 0) is 6.54 Å². The van der Waals surface area contributed by atoms with Gasteiger partial charge in [-0.05, 0) is 55.0 Å². The second-order valence-corrected chi connectivity index (χ2v) is 7.05. The van der Waals surface area contributed by atoms with Crippen molar-refractivity contribution < 1.29 is 0 Å². The first-order valence-electron chi connectivity index (χ1n) is 8.65. The molecule has 2 heterocycles. The van der Waals surface area contributed by atoms with E-state index in [4.69, 9.17) is 11.6 Å². The topological polar surface area (TPSA) is 42.7 Å². The summed E-state index contributed by atoms with van der Waals surface area (Å²) in [7, 11) is 0. The van der Waals surface area contributed by atoms with Crippen molar-refractivity contribution in [2.45, 2.75) is 32.4 Å². The summed E-state index contributed by atoms with van der Waals surface area (Å²) in [6.07, 6.45) is 8.24. The Morgan fingerprint density at radius 1 is 1.16 bits per heavy atom. The number of aromatic nitrogens is 3. The van der Waals surface area contributed by atoms with Crippen LogP contribution in [0, 0.1) is 12.8 Å². The van der Waals surface area contributed by atoms with Crippen LogP contribution in [0.3, 0.4) is 0 Å². The lowest BCUT2D eigenvalue weighted by Gasteiger charge is -2.19. The van der Waals surface area contributed by atoms with Gasteiger partial charge in [0.05, 0.1) is 0 Å². The molecule has 1 saturated carbocycles. The maximum atomic E-state index is 6.02.